The van der Waals surface area contributed by atoms with E-state index in [9.17, 15) is 14.7 Å². The van der Waals surface area contributed by atoms with Crippen molar-refractivity contribution in [3.8, 4) is 0 Å². The van der Waals surface area contributed by atoms with Crippen LogP contribution >= 0.6 is 0 Å². The lowest BCUT2D eigenvalue weighted by atomic mass is 10.1. The lowest BCUT2D eigenvalue weighted by Gasteiger charge is -2.15. The molecule has 0 radical (unpaired) electrons. The molecule has 0 saturated heterocycles. The van der Waals surface area contributed by atoms with Gasteiger partial charge >= 0.3 is 12.1 Å². The van der Waals surface area contributed by atoms with Gasteiger partial charge in [-0.2, -0.15) is 0 Å². The molecule has 1 atom stereocenters. The van der Waals surface area contributed by atoms with Crippen LogP contribution in [-0.4, -0.2) is 42.7 Å². The zero-order valence-electron chi connectivity index (χ0n) is 18.8. The number of benzene rings is 2. The van der Waals surface area contributed by atoms with Gasteiger partial charge in [0, 0.05) is 13.1 Å². The summed E-state index contributed by atoms with van der Waals surface area (Å²) in [5.41, 5.74) is 9.47. The number of nitrogens with two attached hydrogens (primary N) is 1. The predicted molar refractivity (Wildman–Crippen MR) is 128 cm³/mol. The van der Waals surface area contributed by atoms with Gasteiger partial charge in [-0.05, 0) is 16.7 Å². The number of carboxylic acid groups (broad SMARTS) is 1. The third-order valence-corrected chi connectivity index (χ3v) is 5.27. The highest BCUT2D eigenvalue weighted by Crippen LogP contribution is 2.19. The maximum absolute atomic E-state index is 12.2. The number of rotatable bonds is 10. The monoisotopic (exact) mass is 475 g/mol. The summed E-state index contributed by atoms with van der Waals surface area (Å²) >= 11 is 0. The number of anilines is 1. The number of carbonyl (C=O) groups excluding carboxylic acids is 1. The average molecular weight is 476 g/mol. The minimum absolute atomic E-state index is 0.0312. The summed E-state index contributed by atoms with van der Waals surface area (Å²) in [7, 11) is 0. The van der Waals surface area contributed by atoms with Crippen LogP contribution in [0.15, 0.2) is 67.3 Å². The van der Waals surface area contributed by atoms with Gasteiger partial charge < -0.3 is 30.8 Å². The highest BCUT2D eigenvalue weighted by atomic mass is 16.5. The quantitative estimate of drug-likeness (QED) is 0.270. The highest BCUT2D eigenvalue weighted by Gasteiger charge is 2.23. The SMILES string of the molecule is NCc1cccc(CNc2ncnc3c2ncn3CC(NC(=O)OCc2ccccc2)C(=O)O)c1. The number of carboxylic acids is 1. The zero-order valence-corrected chi connectivity index (χ0v) is 18.8. The minimum atomic E-state index is -1.25. The van der Waals surface area contributed by atoms with Gasteiger partial charge in [0.25, 0.3) is 0 Å². The van der Waals surface area contributed by atoms with Crippen molar-refractivity contribution in [2.24, 2.45) is 5.73 Å². The molecule has 11 heteroatoms. The zero-order chi connectivity index (χ0) is 24.6. The summed E-state index contributed by atoms with van der Waals surface area (Å²) < 4.78 is 6.69. The fourth-order valence-electron chi connectivity index (χ4n) is 3.49. The number of aliphatic carboxylic acids is 1. The van der Waals surface area contributed by atoms with Crippen molar-refractivity contribution in [2.45, 2.75) is 32.3 Å². The summed E-state index contributed by atoms with van der Waals surface area (Å²) in [5.74, 6) is -0.704. The fourth-order valence-corrected chi connectivity index (χ4v) is 3.49. The predicted octanol–water partition coefficient (Wildman–Crippen LogP) is 2.28. The van der Waals surface area contributed by atoms with Crippen molar-refractivity contribution in [1.82, 2.24) is 24.8 Å². The lowest BCUT2D eigenvalue weighted by molar-refractivity contribution is -0.139. The summed E-state index contributed by atoms with van der Waals surface area (Å²) in [6, 6.07) is 15.7. The molecule has 2 aromatic carbocycles. The third-order valence-electron chi connectivity index (χ3n) is 5.27. The van der Waals surface area contributed by atoms with Crippen molar-refractivity contribution in [3.63, 3.8) is 0 Å². The van der Waals surface area contributed by atoms with Gasteiger partial charge in [0.15, 0.2) is 11.5 Å². The van der Waals surface area contributed by atoms with Crippen molar-refractivity contribution >= 4 is 29.0 Å². The molecule has 4 rings (SSSR count). The molecule has 1 amide bonds. The van der Waals surface area contributed by atoms with Crippen LogP contribution in [0.4, 0.5) is 10.6 Å². The molecule has 0 bridgehead atoms. The van der Waals surface area contributed by atoms with Crippen molar-refractivity contribution in [1.29, 1.82) is 0 Å². The van der Waals surface area contributed by atoms with Crippen molar-refractivity contribution in [2.75, 3.05) is 5.32 Å². The molecule has 0 fully saturated rings. The second kappa shape index (κ2) is 11.1. The van der Waals surface area contributed by atoms with E-state index < -0.39 is 18.1 Å². The van der Waals surface area contributed by atoms with E-state index in [1.807, 2.05) is 42.5 Å². The number of imidazole rings is 1. The third kappa shape index (κ3) is 6.09. The molecule has 1 unspecified atom stereocenters. The van der Waals surface area contributed by atoms with Crippen molar-refractivity contribution in [3.05, 3.63) is 83.9 Å². The van der Waals surface area contributed by atoms with E-state index in [1.165, 1.54) is 12.7 Å². The molecule has 11 nitrogen and oxygen atoms in total. The molecule has 0 aliphatic heterocycles. The Labute approximate surface area is 201 Å². The summed E-state index contributed by atoms with van der Waals surface area (Å²) in [6.45, 7) is 0.888. The normalized spacial score (nSPS) is 11.7. The van der Waals surface area contributed by atoms with Gasteiger partial charge in [0.1, 0.15) is 24.5 Å². The van der Waals surface area contributed by atoms with Crippen LogP contribution in [0.1, 0.15) is 16.7 Å². The second-order valence-corrected chi connectivity index (χ2v) is 7.77. The van der Waals surface area contributed by atoms with E-state index in [0.717, 1.165) is 16.7 Å². The van der Waals surface area contributed by atoms with Gasteiger partial charge in [-0.1, -0.05) is 54.6 Å². The number of hydrogen-bond acceptors (Lipinski definition) is 8. The summed E-state index contributed by atoms with van der Waals surface area (Å²) in [4.78, 5) is 36.8. The number of amides is 1. The molecule has 0 aliphatic rings. The van der Waals surface area contributed by atoms with E-state index in [2.05, 4.69) is 25.6 Å². The number of nitrogens with one attached hydrogen (secondary N) is 2. The first-order valence-corrected chi connectivity index (χ1v) is 10.9. The van der Waals surface area contributed by atoms with Crippen LogP contribution in [-0.2, 0) is 35.8 Å². The van der Waals surface area contributed by atoms with Crippen molar-refractivity contribution < 1.29 is 19.4 Å². The van der Waals surface area contributed by atoms with Crippen LogP contribution in [0, 0.1) is 0 Å². The Morgan fingerprint density at radius 2 is 1.80 bits per heavy atom. The molecule has 5 N–H and O–H groups in total. The molecular formula is C24H25N7O4. The number of hydrogen-bond donors (Lipinski definition) is 4. The molecule has 4 aromatic rings. The van der Waals surface area contributed by atoms with E-state index in [4.69, 9.17) is 10.5 Å². The maximum atomic E-state index is 12.2. The first-order valence-electron chi connectivity index (χ1n) is 10.9. The molecule has 35 heavy (non-hydrogen) atoms. The van der Waals surface area contributed by atoms with Crippen LogP contribution in [0.3, 0.4) is 0 Å². The number of alkyl carbamates (subject to hydrolysis) is 1. The molecule has 0 aliphatic carbocycles. The first kappa shape index (κ1) is 23.6. The average Bonchev–Trinajstić information content (AvgIpc) is 3.30. The number of carbonyl (C=O) groups is 2. The van der Waals surface area contributed by atoms with Crippen LogP contribution in [0.2, 0.25) is 0 Å². The largest absolute Gasteiger partial charge is 0.480 e. The van der Waals surface area contributed by atoms with Crippen LogP contribution in [0.5, 0.6) is 0 Å². The van der Waals surface area contributed by atoms with E-state index in [-0.39, 0.29) is 13.2 Å². The lowest BCUT2D eigenvalue weighted by Crippen LogP contribution is -2.43. The smallest absolute Gasteiger partial charge is 0.408 e. The maximum Gasteiger partial charge on any atom is 0.408 e. The Hall–Kier alpha value is -4.51. The Bertz CT molecular complexity index is 1310. The molecule has 2 heterocycles. The molecule has 180 valence electrons. The number of ether oxygens (including phenoxy) is 1. The molecule has 2 aromatic heterocycles. The topological polar surface area (TPSA) is 157 Å². The Kier molecular flexibility index (Phi) is 7.48. The fraction of sp³-hybridized carbons (Fsp3) is 0.208. The van der Waals surface area contributed by atoms with Gasteiger partial charge in [0.2, 0.25) is 0 Å². The Balaban J connectivity index is 1.42. The van der Waals surface area contributed by atoms with Gasteiger partial charge in [0.05, 0.1) is 12.9 Å². The molecule has 0 saturated carbocycles. The molecule has 0 spiro atoms. The second-order valence-electron chi connectivity index (χ2n) is 7.77. The summed E-state index contributed by atoms with van der Waals surface area (Å²) in [5, 5.41) is 15.2. The number of nitrogens with zero attached hydrogens (tertiary/aromatic N) is 4. The Morgan fingerprint density at radius 1 is 1.03 bits per heavy atom. The number of fused-ring (bicyclic) bond motifs is 1. The van der Waals surface area contributed by atoms with Gasteiger partial charge in [-0.15, -0.1) is 0 Å². The number of aromatic nitrogens is 4. The highest BCUT2D eigenvalue weighted by molar-refractivity contribution is 5.83. The first-order chi connectivity index (χ1) is 17.0. The Morgan fingerprint density at radius 3 is 2.57 bits per heavy atom. The minimum Gasteiger partial charge on any atom is -0.480 e. The van der Waals surface area contributed by atoms with Gasteiger partial charge in [-0.25, -0.2) is 24.5 Å². The van der Waals surface area contributed by atoms with E-state index in [0.29, 0.717) is 30.1 Å². The van der Waals surface area contributed by atoms with Crippen LogP contribution < -0.4 is 16.4 Å². The molecular weight excluding hydrogens is 450 g/mol. The standard InChI is InChI=1S/C24H25N7O4/c25-10-17-7-4-8-18(9-17)11-26-21-20-22(28-14-27-21)31(15-29-20)12-19(23(32)33)30-24(34)35-13-16-5-2-1-3-6-16/h1-9,14-15,19H,10-13,25H2,(H,30,34)(H,32,33)(H,26,27,28). The van der Waals surface area contributed by atoms with Gasteiger partial charge in [-0.3, -0.25) is 0 Å². The summed E-state index contributed by atoms with van der Waals surface area (Å²) in [6.07, 6.45) is 2.01. The van der Waals surface area contributed by atoms with Crippen LogP contribution in [0.25, 0.3) is 11.2 Å². The van der Waals surface area contributed by atoms with E-state index in [1.54, 1.807) is 16.7 Å². The van der Waals surface area contributed by atoms with E-state index >= 15 is 0 Å².